The fourth-order valence-corrected chi connectivity index (χ4v) is 1.10. The predicted molar refractivity (Wildman–Crippen MR) is 45.7 cm³/mol. The van der Waals surface area contributed by atoms with Crippen molar-refractivity contribution in [1.29, 1.82) is 0 Å². The highest BCUT2D eigenvalue weighted by atomic mass is 19.3. The molecule has 13 heavy (non-hydrogen) atoms. The number of aromatic nitrogens is 2. The van der Waals surface area contributed by atoms with Crippen molar-refractivity contribution in [3.05, 3.63) is 18.0 Å². The summed E-state index contributed by atoms with van der Waals surface area (Å²) in [6.07, 6.45) is -0.759. The molecule has 0 aromatic carbocycles. The van der Waals surface area contributed by atoms with E-state index in [4.69, 9.17) is 5.73 Å². The topological polar surface area (TPSA) is 43.8 Å². The molecule has 1 aromatic rings. The molecule has 0 saturated carbocycles. The summed E-state index contributed by atoms with van der Waals surface area (Å²) in [7, 11) is 0. The molecule has 0 saturated heterocycles. The van der Waals surface area contributed by atoms with E-state index in [1.807, 2.05) is 6.92 Å². The molecule has 1 atom stereocenters. The Balaban J connectivity index is 2.79. The van der Waals surface area contributed by atoms with Gasteiger partial charge in [0.05, 0.1) is 11.6 Å². The lowest BCUT2D eigenvalue weighted by molar-refractivity contribution is 0.115. The molecule has 0 aliphatic carbocycles. The summed E-state index contributed by atoms with van der Waals surface area (Å²) < 4.78 is 26.3. The molecule has 1 heterocycles. The summed E-state index contributed by atoms with van der Waals surface area (Å²) in [6, 6.07) is 1.59. The average molecular weight is 189 g/mol. The number of nitrogens with two attached hydrogens (primary N) is 1. The van der Waals surface area contributed by atoms with E-state index < -0.39 is 12.3 Å². The van der Waals surface area contributed by atoms with Crippen molar-refractivity contribution >= 4 is 0 Å². The summed E-state index contributed by atoms with van der Waals surface area (Å²) >= 11 is 0. The van der Waals surface area contributed by atoms with Gasteiger partial charge in [0.25, 0.3) is 0 Å². The van der Waals surface area contributed by atoms with Gasteiger partial charge in [-0.05, 0) is 13.0 Å². The van der Waals surface area contributed by atoms with Gasteiger partial charge in [-0.25, -0.2) is 8.78 Å². The van der Waals surface area contributed by atoms with Crippen LogP contribution in [0.3, 0.4) is 0 Å². The molecular weight excluding hydrogens is 176 g/mol. The minimum absolute atomic E-state index is 0.0710. The summed E-state index contributed by atoms with van der Waals surface area (Å²) in [6.45, 7) is 2.51. The van der Waals surface area contributed by atoms with E-state index in [-0.39, 0.29) is 6.54 Å². The van der Waals surface area contributed by atoms with Crippen molar-refractivity contribution < 1.29 is 8.78 Å². The molecule has 0 amide bonds. The quantitative estimate of drug-likeness (QED) is 0.773. The Bertz CT molecular complexity index is 260. The first-order chi connectivity index (χ1) is 6.19. The molecule has 0 aliphatic heterocycles. The Morgan fingerprint density at radius 3 is 2.69 bits per heavy atom. The molecule has 5 heteroatoms. The van der Waals surface area contributed by atoms with Crippen molar-refractivity contribution in [3.8, 4) is 0 Å². The first kappa shape index (κ1) is 10.1. The van der Waals surface area contributed by atoms with E-state index in [2.05, 4.69) is 5.10 Å². The average Bonchev–Trinajstić information content (AvgIpc) is 2.53. The standard InChI is InChI=1S/C8H13F2N3/c1-2-13-4-3-7(12-13)6(5-11)8(9)10/h3-4,6,8H,2,5,11H2,1H3. The van der Waals surface area contributed by atoms with Gasteiger partial charge in [0, 0.05) is 19.3 Å². The van der Waals surface area contributed by atoms with Crippen LogP contribution in [0.1, 0.15) is 18.5 Å². The van der Waals surface area contributed by atoms with Gasteiger partial charge in [0.1, 0.15) is 0 Å². The third-order valence-corrected chi connectivity index (χ3v) is 1.92. The van der Waals surface area contributed by atoms with E-state index in [0.29, 0.717) is 12.2 Å². The highest BCUT2D eigenvalue weighted by Gasteiger charge is 2.22. The maximum atomic E-state index is 12.4. The van der Waals surface area contributed by atoms with Gasteiger partial charge < -0.3 is 5.73 Å². The summed E-state index contributed by atoms with van der Waals surface area (Å²) in [4.78, 5) is 0. The Hall–Kier alpha value is -0.970. The van der Waals surface area contributed by atoms with E-state index in [1.165, 1.54) is 0 Å². The molecule has 74 valence electrons. The normalized spacial score (nSPS) is 13.6. The number of aryl methyl sites for hydroxylation is 1. The number of hydrogen-bond donors (Lipinski definition) is 1. The van der Waals surface area contributed by atoms with E-state index in [0.717, 1.165) is 0 Å². The summed E-state index contributed by atoms with van der Waals surface area (Å²) in [5, 5.41) is 3.98. The maximum Gasteiger partial charge on any atom is 0.248 e. The highest BCUT2D eigenvalue weighted by Crippen LogP contribution is 2.19. The minimum atomic E-state index is -2.44. The van der Waals surface area contributed by atoms with Crippen LogP contribution in [-0.2, 0) is 6.54 Å². The molecule has 1 rings (SSSR count). The molecule has 0 radical (unpaired) electrons. The first-order valence-corrected chi connectivity index (χ1v) is 4.20. The van der Waals surface area contributed by atoms with Crippen molar-refractivity contribution in [1.82, 2.24) is 9.78 Å². The zero-order chi connectivity index (χ0) is 9.84. The summed E-state index contributed by atoms with van der Waals surface area (Å²) in [5.41, 5.74) is 5.60. The van der Waals surface area contributed by atoms with Crippen molar-refractivity contribution in [3.63, 3.8) is 0 Å². The Kier molecular flexibility index (Phi) is 3.36. The van der Waals surface area contributed by atoms with Crippen LogP contribution in [0.2, 0.25) is 0 Å². The lowest BCUT2D eigenvalue weighted by Crippen LogP contribution is -2.20. The minimum Gasteiger partial charge on any atom is -0.330 e. The molecule has 0 aliphatic rings. The molecule has 0 spiro atoms. The van der Waals surface area contributed by atoms with Gasteiger partial charge in [0.2, 0.25) is 6.43 Å². The van der Waals surface area contributed by atoms with Crippen LogP contribution in [0, 0.1) is 0 Å². The van der Waals surface area contributed by atoms with Crippen molar-refractivity contribution in [2.75, 3.05) is 6.54 Å². The van der Waals surface area contributed by atoms with E-state index in [1.54, 1.807) is 16.9 Å². The molecule has 0 bridgehead atoms. The van der Waals surface area contributed by atoms with Crippen molar-refractivity contribution in [2.24, 2.45) is 5.73 Å². The first-order valence-electron chi connectivity index (χ1n) is 4.20. The SMILES string of the molecule is CCn1ccc(C(CN)C(F)F)n1. The fraction of sp³-hybridized carbons (Fsp3) is 0.625. The summed E-state index contributed by atoms with van der Waals surface area (Å²) in [5.74, 6) is -0.937. The third-order valence-electron chi connectivity index (χ3n) is 1.92. The Morgan fingerprint density at radius 2 is 2.31 bits per heavy atom. The second-order valence-corrected chi connectivity index (χ2v) is 2.77. The van der Waals surface area contributed by atoms with Crippen LogP contribution in [0.15, 0.2) is 12.3 Å². The lowest BCUT2D eigenvalue weighted by Gasteiger charge is -2.09. The van der Waals surface area contributed by atoms with Crippen LogP contribution >= 0.6 is 0 Å². The largest absolute Gasteiger partial charge is 0.330 e. The van der Waals surface area contributed by atoms with E-state index in [9.17, 15) is 8.78 Å². The lowest BCUT2D eigenvalue weighted by atomic mass is 10.1. The molecule has 1 aromatic heterocycles. The number of alkyl halides is 2. The van der Waals surface area contributed by atoms with Crippen LogP contribution in [0.5, 0.6) is 0 Å². The van der Waals surface area contributed by atoms with Crippen LogP contribution in [0.25, 0.3) is 0 Å². The van der Waals surface area contributed by atoms with Gasteiger partial charge in [0.15, 0.2) is 0 Å². The van der Waals surface area contributed by atoms with Gasteiger partial charge in [-0.1, -0.05) is 0 Å². The number of nitrogens with zero attached hydrogens (tertiary/aromatic N) is 2. The van der Waals surface area contributed by atoms with Gasteiger partial charge >= 0.3 is 0 Å². The Labute approximate surface area is 75.5 Å². The number of hydrogen-bond acceptors (Lipinski definition) is 2. The van der Waals surface area contributed by atoms with Gasteiger partial charge in [-0.15, -0.1) is 0 Å². The van der Waals surface area contributed by atoms with Gasteiger partial charge in [-0.3, -0.25) is 4.68 Å². The van der Waals surface area contributed by atoms with Crippen LogP contribution < -0.4 is 5.73 Å². The molecular formula is C8H13F2N3. The maximum absolute atomic E-state index is 12.4. The molecule has 0 fully saturated rings. The highest BCUT2D eigenvalue weighted by molar-refractivity contribution is 5.08. The second-order valence-electron chi connectivity index (χ2n) is 2.77. The van der Waals surface area contributed by atoms with Crippen molar-refractivity contribution in [2.45, 2.75) is 25.8 Å². The molecule has 3 nitrogen and oxygen atoms in total. The van der Waals surface area contributed by atoms with Gasteiger partial charge in [-0.2, -0.15) is 5.10 Å². The zero-order valence-electron chi connectivity index (χ0n) is 7.45. The predicted octanol–water partition coefficient (Wildman–Crippen LogP) is 1.21. The smallest absolute Gasteiger partial charge is 0.248 e. The molecule has 1 unspecified atom stereocenters. The van der Waals surface area contributed by atoms with E-state index >= 15 is 0 Å². The number of rotatable bonds is 4. The third kappa shape index (κ3) is 2.24. The van der Waals surface area contributed by atoms with Crippen LogP contribution in [-0.4, -0.2) is 22.8 Å². The van der Waals surface area contributed by atoms with Crippen LogP contribution in [0.4, 0.5) is 8.78 Å². The number of halogens is 2. The Morgan fingerprint density at radius 1 is 1.62 bits per heavy atom. The zero-order valence-corrected chi connectivity index (χ0v) is 7.45. The second kappa shape index (κ2) is 4.32. The molecule has 2 N–H and O–H groups in total. The monoisotopic (exact) mass is 189 g/mol. The fourth-order valence-electron chi connectivity index (χ4n) is 1.10.